The highest BCUT2D eigenvalue weighted by Crippen LogP contribution is 2.19. The number of nitrogens with two attached hydrogens (primary N) is 1. The lowest BCUT2D eigenvalue weighted by Gasteiger charge is -2.29. The molecule has 1 rings (SSSR count). The largest absolute Gasteiger partial charge is 0.315 e. The molecule has 0 bridgehead atoms. The lowest BCUT2D eigenvalue weighted by Crippen LogP contribution is -2.36. The van der Waals surface area contributed by atoms with Crippen LogP contribution < -0.4 is 5.73 Å². The fourth-order valence-corrected chi connectivity index (χ4v) is 1.60. The highest BCUT2D eigenvalue weighted by atomic mass is 35.5. The summed E-state index contributed by atoms with van der Waals surface area (Å²) in [7, 11) is 2.13. The van der Waals surface area contributed by atoms with E-state index >= 15 is 0 Å². The van der Waals surface area contributed by atoms with Gasteiger partial charge in [0.15, 0.2) is 0 Å². The number of rotatable bonds is 1. The zero-order valence-corrected chi connectivity index (χ0v) is 7.14. The molecule has 1 aliphatic rings. The molecule has 1 unspecified atom stereocenters. The SMILES string of the molecule is CN1CCC(C(N)Cl)CC1. The Morgan fingerprint density at radius 1 is 1.50 bits per heavy atom. The van der Waals surface area contributed by atoms with Crippen LogP contribution in [0.25, 0.3) is 0 Å². The van der Waals surface area contributed by atoms with Crippen molar-refractivity contribution >= 4 is 11.6 Å². The quantitative estimate of drug-likeness (QED) is 0.458. The molecule has 2 nitrogen and oxygen atoms in total. The Balaban J connectivity index is 2.26. The van der Waals surface area contributed by atoms with Crippen LogP contribution in [0.2, 0.25) is 0 Å². The van der Waals surface area contributed by atoms with Gasteiger partial charge < -0.3 is 10.6 Å². The smallest absolute Gasteiger partial charge is 0.0829 e. The summed E-state index contributed by atoms with van der Waals surface area (Å²) in [5, 5.41) is 0. The van der Waals surface area contributed by atoms with Crippen LogP contribution in [-0.4, -0.2) is 30.5 Å². The predicted octanol–water partition coefficient (Wildman–Crippen LogP) is 0.852. The minimum atomic E-state index is -0.131. The highest BCUT2D eigenvalue weighted by Gasteiger charge is 2.20. The summed E-state index contributed by atoms with van der Waals surface area (Å²) in [5.41, 5.74) is 5.43. The minimum Gasteiger partial charge on any atom is -0.315 e. The molecule has 0 saturated carbocycles. The molecule has 0 radical (unpaired) electrons. The molecule has 0 spiro atoms. The Morgan fingerprint density at radius 3 is 2.40 bits per heavy atom. The number of nitrogens with zero attached hydrogens (tertiary/aromatic N) is 1. The molecule has 0 amide bonds. The van der Waals surface area contributed by atoms with E-state index in [0.29, 0.717) is 5.92 Å². The third-order valence-electron chi connectivity index (χ3n) is 2.21. The normalized spacial score (nSPS) is 26.7. The molecule has 0 aliphatic carbocycles. The van der Waals surface area contributed by atoms with Gasteiger partial charge in [0, 0.05) is 0 Å². The van der Waals surface area contributed by atoms with E-state index in [1.54, 1.807) is 0 Å². The second kappa shape index (κ2) is 3.56. The molecule has 0 aromatic heterocycles. The number of likely N-dealkylation sites (tertiary alicyclic amines) is 1. The molecule has 0 aromatic rings. The van der Waals surface area contributed by atoms with Crippen molar-refractivity contribution < 1.29 is 0 Å². The number of alkyl halides is 1. The average Bonchev–Trinajstić information content (AvgIpc) is 1.88. The molecule has 0 aromatic carbocycles. The van der Waals surface area contributed by atoms with Gasteiger partial charge in [-0.2, -0.15) is 0 Å². The van der Waals surface area contributed by atoms with Crippen molar-refractivity contribution in [3.05, 3.63) is 0 Å². The predicted molar refractivity (Wildman–Crippen MR) is 44.0 cm³/mol. The Bertz CT molecular complexity index is 97.8. The van der Waals surface area contributed by atoms with Crippen LogP contribution in [-0.2, 0) is 0 Å². The van der Waals surface area contributed by atoms with E-state index in [2.05, 4.69) is 11.9 Å². The van der Waals surface area contributed by atoms with Gasteiger partial charge in [-0.3, -0.25) is 0 Å². The first kappa shape index (κ1) is 8.31. The van der Waals surface area contributed by atoms with E-state index < -0.39 is 0 Å². The summed E-state index contributed by atoms with van der Waals surface area (Å²) in [6.45, 7) is 2.29. The van der Waals surface area contributed by atoms with Gasteiger partial charge in [-0.25, -0.2) is 0 Å². The monoisotopic (exact) mass is 162 g/mol. The van der Waals surface area contributed by atoms with Gasteiger partial charge in [-0.1, -0.05) is 0 Å². The van der Waals surface area contributed by atoms with Crippen LogP contribution in [0.5, 0.6) is 0 Å². The van der Waals surface area contributed by atoms with Crippen molar-refractivity contribution in [3.63, 3.8) is 0 Å². The third-order valence-corrected chi connectivity index (χ3v) is 2.57. The van der Waals surface area contributed by atoms with Crippen LogP contribution in [0.1, 0.15) is 12.8 Å². The molecule has 1 saturated heterocycles. The lowest BCUT2D eigenvalue weighted by atomic mass is 9.97. The minimum absolute atomic E-state index is 0.131. The van der Waals surface area contributed by atoms with Crippen LogP contribution in [0.3, 0.4) is 0 Å². The van der Waals surface area contributed by atoms with Gasteiger partial charge in [0.2, 0.25) is 0 Å². The van der Waals surface area contributed by atoms with Crippen molar-refractivity contribution in [3.8, 4) is 0 Å². The van der Waals surface area contributed by atoms with Crippen LogP contribution >= 0.6 is 11.6 Å². The fourth-order valence-electron chi connectivity index (χ4n) is 1.35. The molecule has 60 valence electrons. The van der Waals surface area contributed by atoms with E-state index in [-0.39, 0.29) is 5.50 Å². The van der Waals surface area contributed by atoms with Crippen molar-refractivity contribution in [2.45, 2.75) is 18.3 Å². The van der Waals surface area contributed by atoms with Crippen LogP contribution in [0.15, 0.2) is 0 Å². The van der Waals surface area contributed by atoms with Crippen LogP contribution in [0, 0.1) is 5.92 Å². The average molecular weight is 163 g/mol. The number of hydrogen-bond acceptors (Lipinski definition) is 2. The van der Waals surface area contributed by atoms with Gasteiger partial charge in [0.25, 0.3) is 0 Å². The molecule has 1 aliphatic heterocycles. The Hall–Kier alpha value is 0.210. The lowest BCUT2D eigenvalue weighted by molar-refractivity contribution is 0.216. The molecule has 1 atom stereocenters. The van der Waals surface area contributed by atoms with E-state index in [1.165, 1.54) is 0 Å². The molecule has 3 heteroatoms. The van der Waals surface area contributed by atoms with E-state index in [9.17, 15) is 0 Å². The molecular weight excluding hydrogens is 148 g/mol. The molecular formula is C7H15ClN2. The first-order valence-electron chi connectivity index (χ1n) is 3.78. The maximum atomic E-state index is 5.76. The van der Waals surface area contributed by atoms with Gasteiger partial charge in [-0.15, -0.1) is 11.6 Å². The highest BCUT2D eigenvalue weighted by molar-refractivity contribution is 6.20. The number of piperidine rings is 1. The van der Waals surface area contributed by atoms with E-state index in [0.717, 1.165) is 25.9 Å². The Kier molecular flexibility index (Phi) is 2.96. The third kappa shape index (κ3) is 2.11. The van der Waals surface area contributed by atoms with Crippen molar-refractivity contribution in [1.29, 1.82) is 0 Å². The molecule has 1 heterocycles. The van der Waals surface area contributed by atoms with Gasteiger partial charge in [0.1, 0.15) is 0 Å². The zero-order valence-electron chi connectivity index (χ0n) is 6.39. The summed E-state index contributed by atoms with van der Waals surface area (Å²) in [6, 6.07) is 0. The first-order valence-corrected chi connectivity index (χ1v) is 4.22. The summed E-state index contributed by atoms with van der Waals surface area (Å²) in [4.78, 5) is 2.32. The van der Waals surface area contributed by atoms with Crippen molar-refractivity contribution in [2.75, 3.05) is 20.1 Å². The zero-order chi connectivity index (χ0) is 7.56. The number of hydrogen-bond donors (Lipinski definition) is 1. The molecule has 2 N–H and O–H groups in total. The van der Waals surface area contributed by atoms with Crippen molar-refractivity contribution in [1.82, 2.24) is 4.90 Å². The summed E-state index contributed by atoms with van der Waals surface area (Å²) < 4.78 is 0. The second-order valence-corrected chi connectivity index (χ2v) is 3.59. The maximum Gasteiger partial charge on any atom is 0.0829 e. The summed E-state index contributed by atoms with van der Waals surface area (Å²) in [5.74, 6) is 0.540. The van der Waals surface area contributed by atoms with Crippen molar-refractivity contribution in [2.24, 2.45) is 11.7 Å². The molecule has 10 heavy (non-hydrogen) atoms. The van der Waals surface area contributed by atoms with E-state index in [1.807, 2.05) is 0 Å². The van der Waals surface area contributed by atoms with Gasteiger partial charge in [0.05, 0.1) is 5.50 Å². The standard InChI is InChI=1S/C7H15ClN2/c1-10-4-2-6(3-5-10)7(8)9/h6-7H,2-5,9H2,1H3. The summed E-state index contributed by atoms with van der Waals surface area (Å²) >= 11 is 5.76. The first-order chi connectivity index (χ1) is 4.70. The van der Waals surface area contributed by atoms with Crippen LogP contribution in [0.4, 0.5) is 0 Å². The fraction of sp³-hybridized carbons (Fsp3) is 1.00. The molecule has 1 fully saturated rings. The number of halogens is 1. The maximum absolute atomic E-state index is 5.76. The van der Waals surface area contributed by atoms with Gasteiger partial charge in [-0.05, 0) is 38.9 Å². The topological polar surface area (TPSA) is 29.3 Å². The Labute approximate surface area is 67.3 Å². The summed E-state index contributed by atoms with van der Waals surface area (Å²) in [6.07, 6.45) is 2.31. The van der Waals surface area contributed by atoms with Gasteiger partial charge >= 0.3 is 0 Å². The van der Waals surface area contributed by atoms with E-state index in [4.69, 9.17) is 17.3 Å². The Morgan fingerprint density at radius 2 is 2.00 bits per heavy atom. The second-order valence-electron chi connectivity index (χ2n) is 3.09.